The number of carboxylic acids is 1. The number of carboxylic acid groups (broad SMARTS) is 1. The lowest BCUT2D eigenvalue weighted by Crippen LogP contribution is -2.43. The van der Waals surface area contributed by atoms with Crippen molar-refractivity contribution >= 4 is 55.4 Å². The maximum atomic E-state index is 13.7. The first-order chi connectivity index (χ1) is 23.5. The van der Waals surface area contributed by atoms with Crippen LogP contribution in [0.1, 0.15) is 69.4 Å². The quantitative estimate of drug-likeness (QED) is 0.273. The number of alkyl halides is 4. The number of ketones is 1. The molecule has 6 rings (SSSR count). The fraction of sp³-hybridized carbons (Fsp3) is 0.568. The largest absolute Gasteiger partial charge is 0.480 e. The molecule has 2 aromatic rings. The summed E-state index contributed by atoms with van der Waals surface area (Å²) in [5.74, 6) is -8.36. The van der Waals surface area contributed by atoms with E-state index in [0.717, 1.165) is 44.4 Å². The van der Waals surface area contributed by atoms with E-state index in [9.17, 15) is 36.7 Å². The first kappa shape index (κ1) is 38.4. The van der Waals surface area contributed by atoms with Crippen molar-refractivity contribution in [2.45, 2.75) is 95.1 Å². The predicted octanol–water partition coefficient (Wildman–Crippen LogP) is 7.96. The molecular weight excluding hydrogens is 788 g/mol. The highest BCUT2D eigenvalue weighted by molar-refractivity contribution is 9.10. The first-order valence-electron chi connectivity index (χ1n) is 17.1. The molecule has 13 heteroatoms. The second-order valence-corrected chi connectivity index (χ2v) is 16.3. The molecule has 2 aromatic carbocycles. The van der Waals surface area contributed by atoms with E-state index in [2.05, 4.69) is 44.0 Å². The van der Waals surface area contributed by atoms with Crippen molar-refractivity contribution < 1.29 is 41.8 Å². The maximum absolute atomic E-state index is 13.7. The van der Waals surface area contributed by atoms with Gasteiger partial charge in [-0.15, -0.1) is 0 Å². The first-order valence-corrected chi connectivity index (χ1v) is 18.7. The van der Waals surface area contributed by atoms with E-state index in [0.29, 0.717) is 37.5 Å². The third-order valence-corrected chi connectivity index (χ3v) is 11.6. The number of amides is 2. The SMILES string of the molecule is CC(=O)[C@H]1CC(F)(F)CN1C(=O)[C@H]1CC[C@H](Cc2ccc(Br)cc2)C1.O=C(O)[C@H]1CC(F)(F)CN1C(=O)[C@H]1CC[C@H](Cc2ccc(Br)cc2)C1. The number of nitrogens with zero attached hydrogens (tertiary/aromatic N) is 2. The highest BCUT2D eigenvalue weighted by Crippen LogP contribution is 2.40. The molecule has 0 aromatic heterocycles. The molecule has 4 aliphatic rings. The number of likely N-dealkylation sites (tertiary alicyclic amines) is 2. The monoisotopic (exact) mass is 828 g/mol. The Balaban J connectivity index is 0.000000194. The normalized spacial score (nSPS) is 28.3. The Labute approximate surface area is 306 Å². The number of Topliss-reactive ketones (excluding diaryl/α,β-unsaturated/α-hetero) is 1. The molecule has 2 aliphatic carbocycles. The van der Waals surface area contributed by atoms with Crippen LogP contribution < -0.4 is 0 Å². The van der Waals surface area contributed by atoms with Crippen molar-refractivity contribution in [1.29, 1.82) is 0 Å². The highest BCUT2D eigenvalue weighted by Gasteiger charge is 2.52. The Hall–Kier alpha value is -2.80. The van der Waals surface area contributed by atoms with E-state index in [1.54, 1.807) is 0 Å². The second kappa shape index (κ2) is 15.8. The topological polar surface area (TPSA) is 95.0 Å². The van der Waals surface area contributed by atoms with Crippen LogP contribution in [0.15, 0.2) is 57.5 Å². The zero-order valence-corrected chi connectivity index (χ0v) is 31.0. The van der Waals surface area contributed by atoms with E-state index in [-0.39, 0.29) is 23.5 Å². The van der Waals surface area contributed by atoms with Gasteiger partial charge in [0.15, 0.2) is 5.78 Å². The van der Waals surface area contributed by atoms with Gasteiger partial charge in [0.1, 0.15) is 6.04 Å². The van der Waals surface area contributed by atoms with Gasteiger partial charge in [-0.25, -0.2) is 22.4 Å². The summed E-state index contributed by atoms with van der Waals surface area (Å²) in [7, 11) is 0. The van der Waals surface area contributed by atoms with Crippen LogP contribution in [0.4, 0.5) is 17.6 Å². The van der Waals surface area contributed by atoms with Crippen molar-refractivity contribution in [2.75, 3.05) is 13.1 Å². The molecule has 0 radical (unpaired) electrons. The van der Waals surface area contributed by atoms with E-state index >= 15 is 0 Å². The molecule has 6 atom stereocenters. The fourth-order valence-corrected chi connectivity index (χ4v) is 8.56. The van der Waals surface area contributed by atoms with E-state index in [1.165, 1.54) is 18.1 Å². The van der Waals surface area contributed by atoms with Gasteiger partial charge in [0.2, 0.25) is 11.8 Å². The Morgan fingerprint density at radius 3 is 1.44 bits per heavy atom. The zero-order chi connectivity index (χ0) is 36.4. The molecule has 1 N–H and O–H groups in total. The third-order valence-electron chi connectivity index (χ3n) is 10.5. The number of benzene rings is 2. The molecule has 2 saturated carbocycles. The summed E-state index contributed by atoms with van der Waals surface area (Å²) < 4.78 is 56.6. The molecule has 7 nitrogen and oxygen atoms in total. The fourth-order valence-electron chi connectivity index (χ4n) is 8.03. The minimum Gasteiger partial charge on any atom is -0.480 e. The van der Waals surface area contributed by atoms with Crippen LogP contribution >= 0.6 is 31.9 Å². The van der Waals surface area contributed by atoms with Crippen LogP contribution in [-0.4, -0.2) is 75.5 Å². The smallest absolute Gasteiger partial charge is 0.326 e. The van der Waals surface area contributed by atoms with Crippen LogP contribution in [0.5, 0.6) is 0 Å². The number of carbonyl (C=O) groups is 4. The van der Waals surface area contributed by atoms with Crippen LogP contribution in [0.3, 0.4) is 0 Å². The lowest BCUT2D eigenvalue weighted by atomic mass is 9.96. The van der Waals surface area contributed by atoms with Crippen LogP contribution in [0.2, 0.25) is 0 Å². The van der Waals surface area contributed by atoms with Gasteiger partial charge in [0.25, 0.3) is 11.8 Å². The van der Waals surface area contributed by atoms with Crippen LogP contribution in [-0.2, 0) is 32.0 Å². The van der Waals surface area contributed by atoms with Gasteiger partial charge in [-0.1, -0.05) is 56.1 Å². The van der Waals surface area contributed by atoms with E-state index < -0.39 is 61.7 Å². The minimum absolute atomic E-state index is 0.240. The number of hydrogen-bond donors (Lipinski definition) is 1. The average Bonchev–Trinajstić information content (AvgIpc) is 3.84. The van der Waals surface area contributed by atoms with Crippen LogP contribution in [0.25, 0.3) is 0 Å². The molecule has 2 heterocycles. The highest BCUT2D eigenvalue weighted by atomic mass is 79.9. The lowest BCUT2D eigenvalue weighted by molar-refractivity contribution is -0.149. The number of rotatable bonds is 8. The number of hydrogen-bond acceptors (Lipinski definition) is 4. The molecular formula is C37H42Br2F4N2O5. The standard InChI is InChI=1S/C19H22BrF2NO2.C18H20BrF2NO3/c1-12(24)17-10-19(21,22)11-23(17)18(25)15-5-2-14(9-15)8-13-3-6-16(20)7-4-13;19-14-5-2-11(3-6-14)7-12-1-4-13(8-12)16(23)22-10-18(20,21)9-15(22)17(24)25/h3-4,6-7,14-15,17H,2,5,8-11H2,1H3;2-3,5-6,12-13,15H,1,4,7-10H2,(H,24,25)/t14-,15+,17-;12-,13+,15-/m11/s1. The summed E-state index contributed by atoms with van der Waals surface area (Å²) in [6, 6.07) is 13.7. The van der Waals surface area contributed by atoms with Crippen LogP contribution in [0, 0.1) is 23.7 Å². The number of carbonyl (C=O) groups excluding carboxylic acids is 3. The molecule has 50 heavy (non-hydrogen) atoms. The Morgan fingerprint density at radius 2 is 1.06 bits per heavy atom. The van der Waals surface area contributed by atoms with Crippen molar-refractivity contribution in [3.05, 3.63) is 68.6 Å². The van der Waals surface area contributed by atoms with E-state index in [4.69, 9.17) is 5.11 Å². The van der Waals surface area contributed by atoms with Gasteiger partial charge in [-0.2, -0.15) is 0 Å². The third kappa shape index (κ3) is 9.74. The van der Waals surface area contributed by atoms with E-state index in [1.807, 2.05) is 36.4 Å². The number of aliphatic carboxylic acids is 1. The van der Waals surface area contributed by atoms with Crippen molar-refractivity contribution in [3.63, 3.8) is 0 Å². The van der Waals surface area contributed by atoms with Crippen molar-refractivity contribution in [3.8, 4) is 0 Å². The molecule has 272 valence electrons. The summed E-state index contributed by atoms with van der Waals surface area (Å²) in [6.45, 7) is -0.113. The Kier molecular flexibility index (Phi) is 12.2. The summed E-state index contributed by atoms with van der Waals surface area (Å²) in [5, 5.41) is 9.15. The predicted molar refractivity (Wildman–Crippen MR) is 186 cm³/mol. The summed E-state index contributed by atoms with van der Waals surface area (Å²) in [5.41, 5.74) is 2.40. The van der Waals surface area contributed by atoms with Gasteiger partial charge in [0.05, 0.1) is 19.1 Å². The van der Waals surface area contributed by atoms with Crippen molar-refractivity contribution in [2.24, 2.45) is 23.7 Å². The molecule has 4 fully saturated rings. The Morgan fingerprint density at radius 1 is 0.680 bits per heavy atom. The molecule has 0 bridgehead atoms. The molecule has 2 amide bonds. The molecule has 2 aliphatic heterocycles. The van der Waals surface area contributed by atoms with Gasteiger partial charge >= 0.3 is 5.97 Å². The van der Waals surface area contributed by atoms with Crippen molar-refractivity contribution in [1.82, 2.24) is 9.80 Å². The van der Waals surface area contributed by atoms with Gasteiger partial charge in [-0.3, -0.25) is 14.4 Å². The summed E-state index contributed by atoms with van der Waals surface area (Å²) in [4.78, 5) is 50.2. The van der Waals surface area contributed by atoms with Gasteiger partial charge in [0, 0.05) is 33.6 Å². The molecule has 2 saturated heterocycles. The van der Waals surface area contributed by atoms with Gasteiger partial charge in [-0.05, 0) is 106 Å². The average molecular weight is 831 g/mol. The second-order valence-electron chi connectivity index (χ2n) is 14.4. The summed E-state index contributed by atoms with van der Waals surface area (Å²) >= 11 is 6.80. The summed E-state index contributed by atoms with van der Waals surface area (Å²) in [6.07, 6.45) is 4.87. The molecule has 0 unspecified atom stereocenters. The lowest BCUT2D eigenvalue weighted by Gasteiger charge is -2.25. The zero-order valence-electron chi connectivity index (χ0n) is 27.8. The Bertz CT molecular complexity index is 1440. The maximum Gasteiger partial charge on any atom is 0.326 e. The molecule has 0 spiro atoms. The minimum atomic E-state index is -3.12. The van der Waals surface area contributed by atoms with Gasteiger partial charge < -0.3 is 14.9 Å². The number of halogens is 6.